The summed E-state index contributed by atoms with van der Waals surface area (Å²) in [5.74, 6) is 5.00. The van der Waals surface area contributed by atoms with Gasteiger partial charge in [0.25, 0.3) is 0 Å². The summed E-state index contributed by atoms with van der Waals surface area (Å²) in [5, 5.41) is 8.29. The molecular weight excluding hydrogens is 414 g/mol. The van der Waals surface area contributed by atoms with Crippen molar-refractivity contribution in [2.75, 3.05) is 46.7 Å². The molecule has 0 fully saturated rings. The molecule has 0 unspecified atom stereocenters. The first-order valence-corrected chi connectivity index (χ1v) is 11.3. The Hall–Kier alpha value is -2.71. The van der Waals surface area contributed by atoms with Crippen molar-refractivity contribution < 1.29 is 18.6 Å². The third-order valence-corrected chi connectivity index (χ3v) is 5.26. The molecule has 7 nitrogen and oxygen atoms in total. The van der Waals surface area contributed by atoms with E-state index in [-0.39, 0.29) is 0 Å². The van der Waals surface area contributed by atoms with Gasteiger partial charge in [-0.05, 0) is 56.9 Å². The zero-order chi connectivity index (χ0) is 21.9. The lowest BCUT2D eigenvalue weighted by Crippen LogP contribution is -2.15. The van der Waals surface area contributed by atoms with Crippen LogP contribution in [0.4, 0.5) is 0 Å². The molecular formula is C23H29N3O4S. The number of rotatable bonds is 13. The number of ether oxygens (including phenoxy) is 3. The van der Waals surface area contributed by atoms with Gasteiger partial charge >= 0.3 is 0 Å². The van der Waals surface area contributed by atoms with Gasteiger partial charge < -0.3 is 23.5 Å². The summed E-state index contributed by atoms with van der Waals surface area (Å²) in [4.78, 5) is 2.14. The molecule has 2 aromatic carbocycles. The molecule has 0 spiro atoms. The highest BCUT2D eigenvalue weighted by atomic mass is 32.2. The molecule has 0 aliphatic carbocycles. The molecule has 0 atom stereocenters. The zero-order valence-corrected chi connectivity index (χ0v) is 19.1. The standard InChI is InChI=1S/C23H29N3O4S/c1-26(2)12-5-13-28-19-10-8-18(9-11-19)23-25-24-22(30-23)17-31-15-14-29-21-7-4-6-20(16-21)27-3/h4,6-11,16H,5,12-15,17H2,1-3H3. The fraction of sp³-hybridized carbons (Fsp3) is 0.391. The van der Waals surface area contributed by atoms with Crippen LogP contribution in [-0.4, -0.2) is 61.8 Å². The summed E-state index contributed by atoms with van der Waals surface area (Å²) in [5.41, 5.74) is 0.880. The Labute approximate surface area is 187 Å². The van der Waals surface area contributed by atoms with Crippen LogP contribution in [-0.2, 0) is 5.75 Å². The van der Waals surface area contributed by atoms with Gasteiger partial charge in [0.05, 0.1) is 26.1 Å². The van der Waals surface area contributed by atoms with Crippen LogP contribution < -0.4 is 14.2 Å². The Morgan fingerprint density at radius 3 is 2.48 bits per heavy atom. The second-order valence-corrected chi connectivity index (χ2v) is 8.22. The third kappa shape index (κ3) is 7.80. The van der Waals surface area contributed by atoms with Crippen molar-refractivity contribution in [1.82, 2.24) is 15.1 Å². The number of nitrogens with zero attached hydrogens (tertiary/aromatic N) is 3. The number of hydrogen-bond donors (Lipinski definition) is 0. The van der Waals surface area contributed by atoms with E-state index in [0.29, 0.717) is 30.7 Å². The van der Waals surface area contributed by atoms with Crippen LogP contribution in [0.3, 0.4) is 0 Å². The van der Waals surface area contributed by atoms with E-state index in [1.54, 1.807) is 18.9 Å². The van der Waals surface area contributed by atoms with Gasteiger partial charge in [-0.2, -0.15) is 0 Å². The minimum Gasteiger partial charge on any atom is -0.497 e. The molecule has 0 aliphatic heterocycles. The van der Waals surface area contributed by atoms with E-state index in [2.05, 4.69) is 29.2 Å². The summed E-state index contributed by atoms with van der Waals surface area (Å²) in [6.45, 7) is 2.30. The molecule has 1 aromatic heterocycles. The molecule has 31 heavy (non-hydrogen) atoms. The summed E-state index contributed by atoms with van der Waals surface area (Å²) in [6, 6.07) is 15.3. The zero-order valence-electron chi connectivity index (χ0n) is 18.2. The lowest BCUT2D eigenvalue weighted by atomic mass is 10.2. The number of hydrogen-bond acceptors (Lipinski definition) is 8. The highest BCUT2D eigenvalue weighted by Gasteiger charge is 2.09. The fourth-order valence-electron chi connectivity index (χ4n) is 2.76. The predicted molar refractivity (Wildman–Crippen MR) is 123 cm³/mol. The maximum atomic E-state index is 5.78. The van der Waals surface area contributed by atoms with Crippen molar-refractivity contribution in [3.63, 3.8) is 0 Å². The van der Waals surface area contributed by atoms with Crippen molar-refractivity contribution >= 4 is 11.8 Å². The van der Waals surface area contributed by atoms with Gasteiger partial charge in [-0.3, -0.25) is 0 Å². The Bertz CT molecular complexity index is 915. The summed E-state index contributed by atoms with van der Waals surface area (Å²) >= 11 is 1.68. The molecule has 0 saturated heterocycles. The largest absolute Gasteiger partial charge is 0.497 e. The average molecular weight is 444 g/mol. The number of thioether (sulfide) groups is 1. The number of benzene rings is 2. The van der Waals surface area contributed by atoms with Gasteiger partial charge in [-0.15, -0.1) is 22.0 Å². The average Bonchev–Trinajstić information content (AvgIpc) is 3.26. The maximum absolute atomic E-state index is 5.78. The Morgan fingerprint density at radius 2 is 1.71 bits per heavy atom. The molecule has 0 bridgehead atoms. The molecule has 3 rings (SSSR count). The SMILES string of the molecule is COc1cccc(OCCSCc2nnc(-c3ccc(OCCCN(C)C)cc3)o2)c1. The van der Waals surface area contributed by atoms with E-state index in [4.69, 9.17) is 18.6 Å². The van der Waals surface area contributed by atoms with E-state index >= 15 is 0 Å². The molecule has 0 saturated carbocycles. The highest BCUT2D eigenvalue weighted by Crippen LogP contribution is 2.23. The normalized spacial score (nSPS) is 11.0. The van der Waals surface area contributed by atoms with Crippen LogP contribution in [0.25, 0.3) is 11.5 Å². The maximum Gasteiger partial charge on any atom is 0.247 e. The number of methoxy groups -OCH3 is 1. The van der Waals surface area contributed by atoms with Crippen LogP contribution in [0, 0.1) is 0 Å². The minimum absolute atomic E-state index is 0.516. The van der Waals surface area contributed by atoms with E-state index in [1.165, 1.54) is 0 Å². The molecule has 3 aromatic rings. The monoisotopic (exact) mass is 443 g/mol. The quantitative estimate of drug-likeness (QED) is 0.360. The second kappa shape index (κ2) is 12.2. The van der Waals surface area contributed by atoms with E-state index in [0.717, 1.165) is 41.5 Å². The van der Waals surface area contributed by atoms with Gasteiger partial charge in [-0.25, -0.2) is 0 Å². The molecule has 0 aliphatic rings. The van der Waals surface area contributed by atoms with Crippen molar-refractivity contribution in [3.8, 4) is 28.7 Å². The van der Waals surface area contributed by atoms with Crippen molar-refractivity contribution in [2.45, 2.75) is 12.2 Å². The van der Waals surface area contributed by atoms with Crippen molar-refractivity contribution in [3.05, 3.63) is 54.4 Å². The van der Waals surface area contributed by atoms with Crippen molar-refractivity contribution in [2.24, 2.45) is 0 Å². The molecule has 0 radical (unpaired) electrons. The fourth-order valence-corrected chi connectivity index (χ4v) is 3.40. The summed E-state index contributed by atoms with van der Waals surface area (Å²) in [7, 11) is 5.76. The Balaban J connectivity index is 1.38. The van der Waals surface area contributed by atoms with Gasteiger partial charge in [-0.1, -0.05) is 6.07 Å². The first-order valence-electron chi connectivity index (χ1n) is 10.2. The van der Waals surface area contributed by atoms with E-state index < -0.39 is 0 Å². The van der Waals surface area contributed by atoms with Gasteiger partial charge in [0, 0.05) is 23.9 Å². The molecule has 0 N–H and O–H groups in total. The Kier molecular flexibility index (Phi) is 9.05. The first-order chi connectivity index (χ1) is 15.1. The lowest BCUT2D eigenvalue weighted by Gasteiger charge is -2.10. The second-order valence-electron chi connectivity index (χ2n) is 7.11. The molecule has 166 valence electrons. The molecule has 8 heteroatoms. The number of aromatic nitrogens is 2. The van der Waals surface area contributed by atoms with Crippen LogP contribution >= 0.6 is 11.8 Å². The first kappa shape index (κ1) is 23.0. The van der Waals surface area contributed by atoms with E-state index in [1.807, 2.05) is 48.5 Å². The van der Waals surface area contributed by atoms with Crippen molar-refractivity contribution in [1.29, 1.82) is 0 Å². The highest BCUT2D eigenvalue weighted by molar-refractivity contribution is 7.98. The van der Waals surface area contributed by atoms with Crippen LogP contribution in [0.5, 0.6) is 17.2 Å². The topological polar surface area (TPSA) is 69.8 Å². The molecule has 0 amide bonds. The van der Waals surface area contributed by atoms with Crippen LogP contribution in [0.1, 0.15) is 12.3 Å². The summed E-state index contributed by atoms with van der Waals surface area (Å²) in [6.07, 6.45) is 0.990. The third-order valence-electron chi connectivity index (χ3n) is 4.35. The van der Waals surface area contributed by atoms with Crippen LogP contribution in [0.15, 0.2) is 52.9 Å². The Morgan fingerprint density at radius 1 is 0.935 bits per heavy atom. The van der Waals surface area contributed by atoms with Gasteiger partial charge in [0.1, 0.15) is 17.2 Å². The lowest BCUT2D eigenvalue weighted by molar-refractivity contribution is 0.281. The van der Waals surface area contributed by atoms with Gasteiger partial charge in [0.2, 0.25) is 11.8 Å². The predicted octanol–water partition coefficient (Wildman–Crippen LogP) is 4.39. The smallest absolute Gasteiger partial charge is 0.247 e. The van der Waals surface area contributed by atoms with Gasteiger partial charge in [0.15, 0.2) is 0 Å². The molecule has 1 heterocycles. The van der Waals surface area contributed by atoms with E-state index in [9.17, 15) is 0 Å². The van der Waals surface area contributed by atoms with Crippen LogP contribution in [0.2, 0.25) is 0 Å². The summed E-state index contributed by atoms with van der Waals surface area (Å²) < 4.78 is 22.5. The minimum atomic E-state index is 0.516.